The largest absolute Gasteiger partial charge is 0.368 e. The molecule has 1 aromatic rings. The van der Waals surface area contributed by atoms with Crippen molar-refractivity contribution in [3.8, 4) is 0 Å². The molecule has 1 heterocycles. The molecule has 0 aliphatic heterocycles. The summed E-state index contributed by atoms with van der Waals surface area (Å²) in [5, 5.41) is 4.91. The van der Waals surface area contributed by atoms with Crippen LogP contribution in [-0.2, 0) is 4.79 Å². The fourth-order valence-corrected chi connectivity index (χ4v) is 1.73. The number of rotatable bonds is 6. The maximum Gasteiger partial charge on any atom is 0.240 e. The molecule has 0 fully saturated rings. The monoisotopic (exact) mass is 228 g/mol. The number of carbonyl (C=O) groups is 1. The lowest BCUT2D eigenvalue weighted by Crippen LogP contribution is -2.37. The van der Waals surface area contributed by atoms with Crippen LogP contribution < -0.4 is 11.1 Å². The number of aromatic nitrogens is 1. The second-order valence-electron chi connectivity index (χ2n) is 3.51. The first-order chi connectivity index (χ1) is 7.11. The molecule has 1 rings (SSSR count). The number of nitrogens with two attached hydrogens (primary N) is 1. The van der Waals surface area contributed by atoms with E-state index in [1.54, 1.807) is 5.51 Å². The molecule has 84 valence electrons. The molecule has 1 aromatic heterocycles. The molecule has 0 saturated carbocycles. The lowest BCUT2D eigenvalue weighted by Gasteiger charge is -2.15. The van der Waals surface area contributed by atoms with E-state index in [0.29, 0.717) is 12.2 Å². The van der Waals surface area contributed by atoms with Gasteiger partial charge in [-0.05, 0) is 14.1 Å². The molecular weight excluding hydrogens is 212 g/mol. The quantitative estimate of drug-likeness (QED) is 0.708. The van der Waals surface area contributed by atoms with Crippen molar-refractivity contribution in [3.63, 3.8) is 0 Å². The van der Waals surface area contributed by atoms with E-state index in [2.05, 4.69) is 10.3 Å². The summed E-state index contributed by atoms with van der Waals surface area (Å²) < 4.78 is 0. The van der Waals surface area contributed by atoms with Gasteiger partial charge in [-0.2, -0.15) is 0 Å². The molecular formula is C9H16N4OS. The number of hydrogen-bond acceptors (Lipinski definition) is 5. The topological polar surface area (TPSA) is 71.2 Å². The van der Waals surface area contributed by atoms with Crippen LogP contribution in [0, 0.1) is 0 Å². The first-order valence-electron chi connectivity index (χ1n) is 4.66. The molecule has 15 heavy (non-hydrogen) atoms. The van der Waals surface area contributed by atoms with Crippen LogP contribution in [0.3, 0.4) is 0 Å². The van der Waals surface area contributed by atoms with Crippen LogP contribution in [0.1, 0.15) is 11.7 Å². The van der Waals surface area contributed by atoms with Gasteiger partial charge < -0.3 is 10.6 Å². The number of hydrogen-bond donors (Lipinski definition) is 2. The Morgan fingerprint density at radius 2 is 2.47 bits per heavy atom. The Labute approximate surface area is 93.3 Å². The van der Waals surface area contributed by atoms with Crippen LogP contribution in [0.2, 0.25) is 0 Å². The molecule has 6 heteroatoms. The van der Waals surface area contributed by atoms with Gasteiger partial charge in [0.15, 0.2) is 0 Å². The molecule has 3 N–H and O–H groups in total. The Kier molecular flexibility index (Phi) is 4.67. The summed E-state index contributed by atoms with van der Waals surface area (Å²) in [6.07, 6.45) is 0. The molecule has 0 aliphatic rings. The molecule has 5 nitrogen and oxygen atoms in total. The highest BCUT2D eigenvalue weighted by molar-refractivity contribution is 7.07. The zero-order valence-corrected chi connectivity index (χ0v) is 9.75. The standard InChI is InChI=1S/C9H16N4OS/c1-13(2)4-3-11-8(9(10)14)7-5-15-6-12-7/h5-6,8,11H,3-4H2,1-2H3,(H2,10,14). The molecule has 0 saturated heterocycles. The van der Waals surface area contributed by atoms with Crippen molar-refractivity contribution < 1.29 is 4.79 Å². The van der Waals surface area contributed by atoms with E-state index in [0.717, 1.165) is 6.54 Å². The third kappa shape index (κ3) is 3.94. The van der Waals surface area contributed by atoms with Gasteiger partial charge in [0.1, 0.15) is 6.04 Å². The third-order valence-corrected chi connectivity index (χ3v) is 2.54. The normalized spacial score (nSPS) is 13.0. The van der Waals surface area contributed by atoms with Gasteiger partial charge in [0.2, 0.25) is 5.91 Å². The van der Waals surface area contributed by atoms with E-state index in [4.69, 9.17) is 5.73 Å². The van der Waals surface area contributed by atoms with Crippen LogP contribution in [0.25, 0.3) is 0 Å². The fraction of sp³-hybridized carbons (Fsp3) is 0.556. The van der Waals surface area contributed by atoms with Gasteiger partial charge in [-0.25, -0.2) is 4.98 Å². The SMILES string of the molecule is CN(C)CCNC(C(N)=O)c1cscn1. The van der Waals surface area contributed by atoms with Gasteiger partial charge in [-0.15, -0.1) is 11.3 Å². The summed E-state index contributed by atoms with van der Waals surface area (Å²) in [4.78, 5) is 17.3. The van der Waals surface area contributed by atoms with Crippen molar-refractivity contribution in [1.29, 1.82) is 0 Å². The van der Waals surface area contributed by atoms with E-state index in [1.807, 2.05) is 24.4 Å². The molecule has 0 spiro atoms. The summed E-state index contributed by atoms with van der Waals surface area (Å²) in [6, 6.07) is -0.476. The van der Waals surface area contributed by atoms with E-state index >= 15 is 0 Å². The van der Waals surface area contributed by atoms with Gasteiger partial charge in [0.25, 0.3) is 0 Å². The van der Waals surface area contributed by atoms with Crippen molar-refractivity contribution in [2.24, 2.45) is 5.73 Å². The average Bonchev–Trinajstić information content (AvgIpc) is 2.63. The lowest BCUT2D eigenvalue weighted by atomic mass is 10.2. The molecule has 0 aromatic carbocycles. The van der Waals surface area contributed by atoms with Crippen molar-refractivity contribution >= 4 is 17.2 Å². The first-order valence-corrected chi connectivity index (χ1v) is 5.61. The van der Waals surface area contributed by atoms with Crippen LogP contribution >= 0.6 is 11.3 Å². The zero-order valence-electron chi connectivity index (χ0n) is 8.93. The predicted octanol–water partition coefficient (Wildman–Crippen LogP) is -0.179. The van der Waals surface area contributed by atoms with Crippen LogP contribution in [0.4, 0.5) is 0 Å². The minimum absolute atomic E-state index is 0.389. The number of likely N-dealkylation sites (N-methyl/N-ethyl adjacent to an activating group) is 1. The molecule has 0 bridgehead atoms. The van der Waals surface area contributed by atoms with Gasteiger partial charge in [0, 0.05) is 18.5 Å². The minimum atomic E-state index is -0.476. The van der Waals surface area contributed by atoms with Gasteiger partial charge in [-0.1, -0.05) is 0 Å². The van der Waals surface area contributed by atoms with Gasteiger partial charge in [0.05, 0.1) is 11.2 Å². The minimum Gasteiger partial charge on any atom is -0.368 e. The maximum absolute atomic E-state index is 11.2. The van der Waals surface area contributed by atoms with Crippen LogP contribution in [0.15, 0.2) is 10.9 Å². The maximum atomic E-state index is 11.2. The Morgan fingerprint density at radius 1 is 1.73 bits per heavy atom. The highest BCUT2D eigenvalue weighted by Crippen LogP contribution is 2.11. The predicted molar refractivity (Wildman–Crippen MR) is 60.6 cm³/mol. The number of amides is 1. The highest BCUT2D eigenvalue weighted by atomic mass is 32.1. The molecule has 1 atom stereocenters. The summed E-state index contributed by atoms with van der Waals surface area (Å²) in [5.41, 5.74) is 7.69. The van der Waals surface area contributed by atoms with E-state index in [9.17, 15) is 4.79 Å². The average molecular weight is 228 g/mol. The van der Waals surface area contributed by atoms with Crippen molar-refractivity contribution in [2.45, 2.75) is 6.04 Å². The number of primary amides is 1. The Balaban J connectivity index is 2.49. The fourth-order valence-electron chi connectivity index (χ4n) is 1.15. The lowest BCUT2D eigenvalue weighted by molar-refractivity contribution is -0.120. The van der Waals surface area contributed by atoms with Crippen molar-refractivity contribution in [3.05, 3.63) is 16.6 Å². The second-order valence-corrected chi connectivity index (χ2v) is 4.22. The molecule has 0 radical (unpaired) electrons. The Morgan fingerprint density at radius 3 is 2.93 bits per heavy atom. The molecule has 1 amide bonds. The zero-order chi connectivity index (χ0) is 11.3. The number of carbonyl (C=O) groups excluding carboxylic acids is 1. The Hall–Kier alpha value is -0.980. The summed E-state index contributed by atoms with van der Waals surface area (Å²) in [7, 11) is 3.95. The van der Waals surface area contributed by atoms with E-state index < -0.39 is 6.04 Å². The number of thiazole rings is 1. The Bertz CT molecular complexity index is 299. The first kappa shape index (κ1) is 12.1. The van der Waals surface area contributed by atoms with Crippen LogP contribution in [0.5, 0.6) is 0 Å². The smallest absolute Gasteiger partial charge is 0.240 e. The highest BCUT2D eigenvalue weighted by Gasteiger charge is 2.18. The molecule has 0 aliphatic carbocycles. The number of nitrogens with zero attached hydrogens (tertiary/aromatic N) is 2. The summed E-state index contributed by atoms with van der Waals surface area (Å²) in [5.74, 6) is -0.389. The molecule has 1 unspecified atom stereocenters. The van der Waals surface area contributed by atoms with Gasteiger partial charge in [-0.3, -0.25) is 10.1 Å². The summed E-state index contributed by atoms with van der Waals surface area (Å²) >= 11 is 1.46. The van der Waals surface area contributed by atoms with E-state index in [1.165, 1.54) is 11.3 Å². The van der Waals surface area contributed by atoms with Crippen LogP contribution in [-0.4, -0.2) is 43.0 Å². The second kappa shape index (κ2) is 5.79. The van der Waals surface area contributed by atoms with Crippen molar-refractivity contribution in [1.82, 2.24) is 15.2 Å². The van der Waals surface area contributed by atoms with Gasteiger partial charge >= 0.3 is 0 Å². The number of nitrogens with one attached hydrogen (secondary N) is 1. The van der Waals surface area contributed by atoms with E-state index in [-0.39, 0.29) is 5.91 Å². The third-order valence-electron chi connectivity index (χ3n) is 1.94. The van der Waals surface area contributed by atoms with Crippen molar-refractivity contribution in [2.75, 3.05) is 27.2 Å². The summed E-state index contributed by atoms with van der Waals surface area (Å²) in [6.45, 7) is 1.56.